The topological polar surface area (TPSA) is 22.0 Å². The number of carbonyl (C=O) groups is 1. The number of ketones is 1. The molecule has 3 rings (SSSR count). The number of fused-ring (bicyclic) bond motifs is 3. The van der Waals surface area contributed by atoms with Crippen LogP contribution in [0.5, 0.6) is 0 Å². The minimum Gasteiger partial charge on any atom is -0.340 e. The van der Waals surface area contributed by atoms with E-state index in [1.54, 1.807) is 13.0 Å². The number of halogens is 2. The Labute approximate surface area is 126 Å². The Bertz CT molecular complexity index is 849. The summed E-state index contributed by atoms with van der Waals surface area (Å²) < 4.78 is 2.13. The summed E-state index contributed by atoms with van der Waals surface area (Å²) in [5, 5.41) is 3.25. The Kier molecular flexibility index (Phi) is 3.23. The highest BCUT2D eigenvalue weighted by molar-refractivity contribution is 6.34. The second-order valence-electron chi connectivity index (χ2n) is 4.81. The smallest absolute Gasteiger partial charge is 0.161 e. The van der Waals surface area contributed by atoms with Crippen LogP contribution >= 0.6 is 23.2 Å². The van der Waals surface area contributed by atoms with Gasteiger partial charge in [-0.05, 0) is 44.2 Å². The van der Waals surface area contributed by atoms with Gasteiger partial charge in [-0.15, -0.1) is 0 Å². The first-order valence-electron chi connectivity index (χ1n) is 6.45. The Morgan fingerprint density at radius 3 is 2.45 bits per heavy atom. The zero-order chi connectivity index (χ0) is 14.4. The van der Waals surface area contributed by atoms with Gasteiger partial charge in [0.15, 0.2) is 5.78 Å². The number of nitrogens with zero attached hydrogens (tertiary/aromatic N) is 1. The molecular formula is C16H13Cl2NO. The summed E-state index contributed by atoms with van der Waals surface area (Å²) in [6.45, 7) is 4.41. The molecule has 0 unspecified atom stereocenters. The Morgan fingerprint density at radius 1 is 1.10 bits per heavy atom. The molecule has 0 aliphatic heterocycles. The van der Waals surface area contributed by atoms with Crippen LogP contribution in [0, 0.1) is 0 Å². The molecule has 102 valence electrons. The standard InChI is InChI=1S/C16H13Cl2NO/c1-3-19-15-5-4-10(17)6-13(15)14-8-11(18)7-12(9(2)20)16(14)19/h4-8H,3H2,1-2H3. The van der Waals surface area contributed by atoms with E-state index in [1.165, 1.54) is 0 Å². The largest absolute Gasteiger partial charge is 0.340 e. The summed E-state index contributed by atoms with van der Waals surface area (Å²) >= 11 is 12.3. The van der Waals surface area contributed by atoms with Gasteiger partial charge in [-0.2, -0.15) is 0 Å². The zero-order valence-electron chi connectivity index (χ0n) is 11.2. The van der Waals surface area contributed by atoms with Gasteiger partial charge in [0.1, 0.15) is 0 Å². The monoisotopic (exact) mass is 305 g/mol. The normalized spacial score (nSPS) is 11.4. The molecule has 20 heavy (non-hydrogen) atoms. The average molecular weight is 306 g/mol. The molecule has 4 heteroatoms. The molecule has 0 N–H and O–H groups in total. The molecule has 0 amide bonds. The third-order valence-electron chi connectivity index (χ3n) is 3.58. The third-order valence-corrected chi connectivity index (χ3v) is 4.03. The van der Waals surface area contributed by atoms with Gasteiger partial charge >= 0.3 is 0 Å². The highest BCUT2D eigenvalue weighted by Gasteiger charge is 2.16. The predicted molar refractivity (Wildman–Crippen MR) is 85.1 cm³/mol. The van der Waals surface area contributed by atoms with Crippen molar-refractivity contribution >= 4 is 50.8 Å². The molecule has 0 radical (unpaired) electrons. The van der Waals surface area contributed by atoms with E-state index in [9.17, 15) is 4.79 Å². The number of rotatable bonds is 2. The Hall–Kier alpha value is -1.51. The van der Waals surface area contributed by atoms with Gasteiger partial charge in [0.05, 0.1) is 5.52 Å². The number of hydrogen-bond acceptors (Lipinski definition) is 1. The van der Waals surface area contributed by atoms with Crippen molar-refractivity contribution in [3.05, 3.63) is 45.9 Å². The molecule has 1 heterocycles. The van der Waals surface area contributed by atoms with E-state index in [1.807, 2.05) is 24.3 Å². The van der Waals surface area contributed by atoms with Crippen LogP contribution in [0.2, 0.25) is 10.0 Å². The number of benzene rings is 2. The lowest BCUT2D eigenvalue weighted by Crippen LogP contribution is -2.00. The highest BCUT2D eigenvalue weighted by atomic mass is 35.5. The second kappa shape index (κ2) is 4.80. The van der Waals surface area contributed by atoms with Gasteiger partial charge in [-0.3, -0.25) is 4.79 Å². The van der Waals surface area contributed by atoms with Crippen molar-refractivity contribution in [1.29, 1.82) is 0 Å². The number of hydrogen-bond donors (Lipinski definition) is 0. The summed E-state index contributed by atoms with van der Waals surface area (Å²) in [6, 6.07) is 9.40. The lowest BCUT2D eigenvalue weighted by molar-refractivity contribution is 0.101. The second-order valence-corrected chi connectivity index (χ2v) is 5.68. The van der Waals surface area contributed by atoms with Crippen molar-refractivity contribution < 1.29 is 4.79 Å². The first-order chi connectivity index (χ1) is 9.52. The maximum atomic E-state index is 11.9. The van der Waals surface area contributed by atoms with Crippen molar-refractivity contribution in [3.8, 4) is 0 Å². The van der Waals surface area contributed by atoms with Crippen LogP contribution in [0.1, 0.15) is 24.2 Å². The predicted octanol–water partition coefficient (Wildman–Crippen LogP) is 5.32. The molecular weight excluding hydrogens is 293 g/mol. The van der Waals surface area contributed by atoms with Crippen LogP contribution in [-0.2, 0) is 6.54 Å². The third kappa shape index (κ3) is 1.91. The molecule has 0 bridgehead atoms. The van der Waals surface area contributed by atoms with Crippen molar-refractivity contribution in [2.75, 3.05) is 0 Å². The van der Waals surface area contributed by atoms with Crippen molar-refractivity contribution in [2.45, 2.75) is 20.4 Å². The molecule has 0 atom stereocenters. The summed E-state index contributed by atoms with van der Waals surface area (Å²) in [7, 11) is 0. The molecule has 0 fully saturated rings. The first-order valence-corrected chi connectivity index (χ1v) is 7.20. The summed E-state index contributed by atoms with van der Waals surface area (Å²) in [6.07, 6.45) is 0. The van der Waals surface area contributed by atoms with Gasteiger partial charge < -0.3 is 4.57 Å². The fraction of sp³-hybridized carbons (Fsp3) is 0.188. The Morgan fingerprint density at radius 2 is 1.80 bits per heavy atom. The maximum Gasteiger partial charge on any atom is 0.161 e. The number of Topliss-reactive ketones (excluding diaryl/α,β-unsaturated/α-hetero) is 1. The molecule has 0 spiro atoms. The van der Waals surface area contributed by atoms with Gasteiger partial charge in [-0.1, -0.05) is 23.2 Å². The first kappa shape index (κ1) is 13.5. The van der Waals surface area contributed by atoms with Crippen molar-refractivity contribution in [3.63, 3.8) is 0 Å². The minimum absolute atomic E-state index is 0.0149. The van der Waals surface area contributed by atoms with E-state index < -0.39 is 0 Å². The number of aryl methyl sites for hydroxylation is 1. The average Bonchev–Trinajstić information content (AvgIpc) is 2.70. The van der Waals surface area contributed by atoms with Crippen molar-refractivity contribution in [1.82, 2.24) is 4.57 Å². The van der Waals surface area contributed by atoms with E-state index in [0.717, 1.165) is 28.4 Å². The quantitative estimate of drug-likeness (QED) is 0.587. The molecule has 0 saturated carbocycles. The number of carbonyl (C=O) groups excluding carboxylic acids is 1. The summed E-state index contributed by atoms with van der Waals surface area (Å²) in [5.74, 6) is 0.0149. The van der Waals surface area contributed by atoms with E-state index in [-0.39, 0.29) is 5.78 Å². The maximum absolute atomic E-state index is 11.9. The molecule has 0 aliphatic rings. The lowest BCUT2D eigenvalue weighted by Gasteiger charge is -2.07. The highest BCUT2D eigenvalue weighted by Crippen LogP contribution is 2.35. The molecule has 2 nitrogen and oxygen atoms in total. The lowest BCUT2D eigenvalue weighted by atomic mass is 10.1. The van der Waals surface area contributed by atoms with Gasteiger partial charge in [0.25, 0.3) is 0 Å². The van der Waals surface area contributed by atoms with Crippen LogP contribution in [0.3, 0.4) is 0 Å². The van der Waals surface area contributed by atoms with Crippen molar-refractivity contribution in [2.24, 2.45) is 0 Å². The fourth-order valence-electron chi connectivity index (χ4n) is 2.77. The fourth-order valence-corrected chi connectivity index (χ4v) is 3.16. The minimum atomic E-state index is 0.0149. The number of aromatic nitrogens is 1. The van der Waals surface area contributed by atoms with E-state index in [0.29, 0.717) is 15.6 Å². The molecule has 1 aromatic heterocycles. The molecule has 3 aromatic rings. The molecule has 2 aromatic carbocycles. The van der Waals surface area contributed by atoms with Crippen LogP contribution in [0.15, 0.2) is 30.3 Å². The van der Waals surface area contributed by atoms with Gasteiger partial charge in [-0.25, -0.2) is 0 Å². The molecule has 0 saturated heterocycles. The summed E-state index contributed by atoms with van der Waals surface area (Å²) in [5.41, 5.74) is 2.65. The van der Waals surface area contributed by atoms with Crippen LogP contribution in [-0.4, -0.2) is 10.4 Å². The van der Waals surface area contributed by atoms with E-state index >= 15 is 0 Å². The van der Waals surface area contributed by atoms with Gasteiger partial charge in [0.2, 0.25) is 0 Å². The zero-order valence-corrected chi connectivity index (χ0v) is 12.7. The molecule has 0 aliphatic carbocycles. The van der Waals surface area contributed by atoms with E-state index in [2.05, 4.69) is 11.5 Å². The van der Waals surface area contributed by atoms with E-state index in [4.69, 9.17) is 23.2 Å². The van der Waals surface area contributed by atoms with Crippen LogP contribution < -0.4 is 0 Å². The summed E-state index contributed by atoms with van der Waals surface area (Å²) in [4.78, 5) is 11.9. The van der Waals surface area contributed by atoms with Crippen LogP contribution in [0.25, 0.3) is 21.8 Å². The SMILES string of the molecule is CCn1c2ccc(Cl)cc2c2cc(Cl)cc(C(C)=O)c21. The Balaban J connectivity index is 2.61. The van der Waals surface area contributed by atoms with Gasteiger partial charge in [0, 0.05) is 38.4 Å². The van der Waals surface area contributed by atoms with Crippen LogP contribution in [0.4, 0.5) is 0 Å².